The number of rotatable bonds is 4. The zero-order valence-corrected chi connectivity index (χ0v) is 14.5. The van der Waals surface area contributed by atoms with Crippen molar-refractivity contribution in [3.63, 3.8) is 0 Å². The number of thioether (sulfide) groups is 1. The molecule has 0 bridgehead atoms. The van der Waals surface area contributed by atoms with Gasteiger partial charge in [0.1, 0.15) is 5.82 Å². The van der Waals surface area contributed by atoms with Gasteiger partial charge in [-0.2, -0.15) is 13.2 Å². The molecule has 2 heterocycles. The van der Waals surface area contributed by atoms with Crippen molar-refractivity contribution in [3.05, 3.63) is 36.3 Å². The average molecular weight is 387 g/mol. The highest BCUT2D eigenvalue weighted by Gasteiger charge is 2.42. The van der Waals surface area contributed by atoms with Crippen molar-refractivity contribution >= 4 is 17.7 Å². The molecular formula is C17H17F4N3OS. The number of amides is 1. The van der Waals surface area contributed by atoms with Crippen LogP contribution in [-0.4, -0.2) is 45.8 Å². The second-order valence-corrected chi connectivity index (χ2v) is 7.08. The zero-order chi connectivity index (χ0) is 18.7. The fraction of sp³-hybridized carbons (Fsp3) is 0.412. The summed E-state index contributed by atoms with van der Waals surface area (Å²) in [6, 6.07) is 5.88. The van der Waals surface area contributed by atoms with Gasteiger partial charge in [0.15, 0.2) is 5.16 Å². The van der Waals surface area contributed by atoms with Crippen molar-refractivity contribution in [1.29, 1.82) is 0 Å². The topological polar surface area (TPSA) is 49.0 Å². The van der Waals surface area contributed by atoms with E-state index in [2.05, 4.69) is 9.97 Å². The number of H-pyrrole nitrogens is 1. The lowest BCUT2D eigenvalue weighted by atomic mass is 9.97. The fourth-order valence-corrected chi connectivity index (χ4v) is 3.60. The number of halogens is 4. The van der Waals surface area contributed by atoms with Gasteiger partial charge in [0, 0.05) is 13.1 Å². The molecule has 0 radical (unpaired) electrons. The van der Waals surface area contributed by atoms with E-state index in [1.54, 1.807) is 18.3 Å². The Morgan fingerprint density at radius 3 is 2.73 bits per heavy atom. The molecule has 0 saturated carbocycles. The Hall–Kier alpha value is -2.03. The molecule has 1 N–H and O–H groups in total. The number of aromatic nitrogens is 2. The molecule has 1 aromatic heterocycles. The van der Waals surface area contributed by atoms with Crippen LogP contribution in [0.3, 0.4) is 0 Å². The molecule has 1 aromatic carbocycles. The number of piperidine rings is 1. The van der Waals surface area contributed by atoms with Gasteiger partial charge in [0.2, 0.25) is 5.91 Å². The minimum absolute atomic E-state index is 0.0148. The van der Waals surface area contributed by atoms with E-state index in [4.69, 9.17) is 0 Å². The Morgan fingerprint density at radius 1 is 1.31 bits per heavy atom. The standard InChI is InChI=1S/C17H17F4N3OS/c18-13-5-3-11(4-6-13)14-8-22-16(23-14)26-10-15(25)24-7-1-2-12(9-24)17(19,20)21/h3-6,8,12H,1-2,7,9-10H2,(H,22,23). The van der Waals surface area contributed by atoms with Crippen molar-refractivity contribution < 1.29 is 22.4 Å². The highest BCUT2D eigenvalue weighted by Crippen LogP contribution is 2.33. The van der Waals surface area contributed by atoms with Gasteiger partial charge in [0.05, 0.1) is 23.6 Å². The van der Waals surface area contributed by atoms with Crippen LogP contribution in [0.25, 0.3) is 11.3 Å². The van der Waals surface area contributed by atoms with E-state index in [1.807, 2.05) is 0 Å². The first kappa shape index (κ1) is 18.8. The van der Waals surface area contributed by atoms with E-state index in [1.165, 1.54) is 17.0 Å². The molecule has 140 valence electrons. The van der Waals surface area contributed by atoms with Gasteiger partial charge >= 0.3 is 6.18 Å². The zero-order valence-electron chi connectivity index (χ0n) is 13.7. The number of carbonyl (C=O) groups is 1. The van der Waals surface area contributed by atoms with Gasteiger partial charge in [-0.3, -0.25) is 4.79 Å². The summed E-state index contributed by atoms with van der Waals surface area (Å²) in [5.74, 6) is -2.10. The molecule has 4 nitrogen and oxygen atoms in total. The molecule has 1 fully saturated rings. The summed E-state index contributed by atoms with van der Waals surface area (Å²) >= 11 is 1.14. The van der Waals surface area contributed by atoms with Crippen LogP contribution in [0, 0.1) is 11.7 Å². The number of aromatic amines is 1. The van der Waals surface area contributed by atoms with Crippen LogP contribution >= 0.6 is 11.8 Å². The average Bonchev–Trinajstić information content (AvgIpc) is 3.08. The summed E-state index contributed by atoms with van der Waals surface area (Å²) < 4.78 is 51.5. The molecule has 1 aliphatic heterocycles. The molecule has 26 heavy (non-hydrogen) atoms. The summed E-state index contributed by atoms with van der Waals surface area (Å²) in [4.78, 5) is 20.7. The highest BCUT2D eigenvalue weighted by molar-refractivity contribution is 7.99. The van der Waals surface area contributed by atoms with Gasteiger partial charge in [0.25, 0.3) is 0 Å². The summed E-state index contributed by atoms with van der Waals surface area (Å²) in [5, 5.41) is 0.488. The number of imidazole rings is 1. The predicted octanol–water partition coefficient (Wildman–Crippen LogP) is 4.11. The number of hydrogen-bond acceptors (Lipinski definition) is 3. The molecule has 2 aromatic rings. The quantitative estimate of drug-likeness (QED) is 0.635. The first-order valence-electron chi connectivity index (χ1n) is 8.11. The van der Waals surface area contributed by atoms with Crippen molar-refractivity contribution in [1.82, 2.24) is 14.9 Å². The highest BCUT2D eigenvalue weighted by atomic mass is 32.2. The van der Waals surface area contributed by atoms with Crippen LogP contribution in [0.1, 0.15) is 12.8 Å². The molecule has 3 rings (SSSR count). The number of nitrogens with zero attached hydrogens (tertiary/aromatic N) is 2. The van der Waals surface area contributed by atoms with Crippen LogP contribution in [0.2, 0.25) is 0 Å². The Morgan fingerprint density at radius 2 is 2.04 bits per heavy atom. The third-order valence-electron chi connectivity index (χ3n) is 4.28. The van der Waals surface area contributed by atoms with Gasteiger partial charge in [-0.15, -0.1) is 0 Å². The predicted molar refractivity (Wildman–Crippen MR) is 90.1 cm³/mol. The van der Waals surface area contributed by atoms with Crippen LogP contribution in [0.15, 0.2) is 35.6 Å². The Kier molecular flexibility index (Phi) is 5.55. The molecule has 1 saturated heterocycles. The number of benzene rings is 1. The Balaban J connectivity index is 1.56. The first-order chi connectivity index (χ1) is 12.3. The van der Waals surface area contributed by atoms with Crippen molar-refractivity contribution in [2.75, 3.05) is 18.8 Å². The van der Waals surface area contributed by atoms with Crippen LogP contribution in [0.5, 0.6) is 0 Å². The van der Waals surface area contributed by atoms with Crippen molar-refractivity contribution in [2.24, 2.45) is 5.92 Å². The first-order valence-corrected chi connectivity index (χ1v) is 9.10. The molecule has 0 aliphatic carbocycles. The van der Waals surface area contributed by atoms with E-state index in [-0.39, 0.29) is 30.4 Å². The third-order valence-corrected chi connectivity index (χ3v) is 5.15. The number of carbonyl (C=O) groups excluding carboxylic acids is 1. The summed E-state index contributed by atoms with van der Waals surface area (Å²) in [5.41, 5.74) is 1.43. The van der Waals surface area contributed by atoms with E-state index < -0.39 is 12.1 Å². The molecular weight excluding hydrogens is 370 g/mol. The molecule has 1 unspecified atom stereocenters. The maximum atomic E-state index is 13.0. The number of likely N-dealkylation sites (tertiary alicyclic amines) is 1. The monoisotopic (exact) mass is 387 g/mol. The Labute approximate surface area is 152 Å². The van der Waals surface area contributed by atoms with Gasteiger partial charge in [-0.1, -0.05) is 11.8 Å². The minimum atomic E-state index is -4.27. The molecule has 0 spiro atoms. The van der Waals surface area contributed by atoms with E-state index in [0.717, 1.165) is 17.3 Å². The van der Waals surface area contributed by atoms with Gasteiger partial charge in [-0.05, 0) is 42.7 Å². The lowest BCUT2D eigenvalue weighted by molar-refractivity contribution is -0.187. The number of alkyl halides is 3. The van der Waals surface area contributed by atoms with Crippen molar-refractivity contribution in [3.8, 4) is 11.3 Å². The second-order valence-electron chi connectivity index (χ2n) is 6.12. The van der Waals surface area contributed by atoms with Gasteiger partial charge in [-0.25, -0.2) is 9.37 Å². The van der Waals surface area contributed by atoms with Gasteiger partial charge < -0.3 is 9.88 Å². The molecule has 9 heteroatoms. The number of hydrogen-bond donors (Lipinski definition) is 1. The Bertz CT molecular complexity index is 760. The normalized spacial score (nSPS) is 18.2. The molecule has 1 aliphatic rings. The minimum Gasteiger partial charge on any atom is -0.341 e. The maximum Gasteiger partial charge on any atom is 0.393 e. The van der Waals surface area contributed by atoms with Crippen LogP contribution < -0.4 is 0 Å². The number of nitrogens with one attached hydrogen (secondary N) is 1. The second kappa shape index (κ2) is 7.69. The lowest BCUT2D eigenvalue weighted by Crippen LogP contribution is -2.45. The largest absolute Gasteiger partial charge is 0.393 e. The van der Waals surface area contributed by atoms with E-state index >= 15 is 0 Å². The molecule has 1 atom stereocenters. The van der Waals surface area contributed by atoms with E-state index in [0.29, 0.717) is 23.8 Å². The maximum absolute atomic E-state index is 13.0. The summed E-state index contributed by atoms with van der Waals surface area (Å²) in [7, 11) is 0. The third kappa shape index (κ3) is 4.57. The molecule has 1 amide bonds. The fourth-order valence-electron chi connectivity index (χ4n) is 2.84. The van der Waals surface area contributed by atoms with Crippen molar-refractivity contribution in [2.45, 2.75) is 24.2 Å². The SMILES string of the molecule is O=C(CSc1ncc(-c2ccc(F)cc2)[nH]1)N1CCCC(C(F)(F)F)C1. The van der Waals surface area contributed by atoms with Crippen LogP contribution in [0.4, 0.5) is 17.6 Å². The summed E-state index contributed by atoms with van der Waals surface area (Å²) in [6.45, 7) is 0.0762. The lowest BCUT2D eigenvalue weighted by Gasteiger charge is -2.33. The van der Waals surface area contributed by atoms with E-state index in [9.17, 15) is 22.4 Å². The smallest absolute Gasteiger partial charge is 0.341 e. The van der Waals surface area contributed by atoms with Crippen LogP contribution in [-0.2, 0) is 4.79 Å². The summed E-state index contributed by atoms with van der Waals surface area (Å²) in [6.07, 6.45) is -2.27.